The van der Waals surface area contributed by atoms with Gasteiger partial charge in [-0.1, -0.05) is 6.92 Å². The van der Waals surface area contributed by atoms with E-state index in [0.717, 1.165) is 36.6 Å². The average molecular weight is 251 g/mol. The molecule has 0 spiro atoms. The molecule has 1 fully saturated rings. The van der Waals surface area contributed by atoms with Crippen molar-refractivity contribution in [2.45, 2.75) is 25.5 Å². The molecule has 0 amide bonds. The monoisotopic (exact) mass is 251 g/mol. The van der Waals surface area contributed by atoms with E-state index in [1.165, 1.54) is 0 Å². The highest BCUT2D eigenvalue weighted by atomic mass is 16.5. The Kier molecular flexibility index (Phi) is 4.44. The van der Waals surface area contributed by atoms with Gasteiger partial charge in [0.15, 0.2) is 0 Å². The first-order chi connectivity index (χ1) is 8.78. The molecule has 4 nitrogen and oxygen atoms in total. The molecule has 0 aromatic heterocycles. The largest absolute Gasteiger partial charge is 0.497 e. The van der Waals surface area contributed by atoms with Crippen LogP contribution >= 0.6 is 0 Å². The van der Waals surface area contributed by atoms with Crippen molar-refractivity contribution in [2.24, 2.45) is 0 Å². The van der Waals surface area contributed by atoms with Crippen LogP contribution in [-0.2, 0) is 4.74 Å². The predicted octanol–water partition coefficient (Wildman–Crippen LogP) is 2.14. The Morgan fingerprint density at radius 1 is 1.33 bits per heavy atom. The summed E-state index contributed by atoms with van der Waals surface area (Å²) in [6.45, 7) is 3.71. The number of ether oxygens (including phenoxy) is 3. The Hall–Kier alpha value is -1.26. The lowest BCUT2D eigenvalue weighted by molar-refractivity contribution is 0.000960. The fourth-order valence-electron chi connectivity index (χ4n) is 2.18. The lowest BCUT2D eigenvalue weighted by Gasteiger charge is -2.30. The van der Waals surface area contributed by atoms with Gasteiger partial charge in [0, 0.05) is 18.2 Å². The molecule has 0 bridgehead atoms. The maximum absolute atomic E-state index is 5.91. The van der Waals surface area contributed by atoms with Gasteiger partial charge in [0.25, 0.3) is 0 Å². The first kappa shape index (κ1) is 13.2. The smallest absolute Gasteiger partial charge is 0.124 e. The van der Waals surface area contributed by atoms with Gasteiger partial charge < -0.3 is 19.5 Å². The van der Waals surface area contributed by atoms with Crippen LogP contribution in [-0.4, -0.2) is 33.4 Å². The first-order valence-electron chi connectivity index (χ1n) is 6.35. The fraction of sp³-hybridized carbons (Fsp3) is 0.571. The van der Waals surface area contributed by atoms with E-state index in [2.05, 4.69) is 12.2 Å². The maximum Gasteiger partial charge on any atom is 0.124 e. The zero-order chi connectivity index (χ0) is 13.0. The topological polar surface area (TPSA) is 39.7 Å². The first-order valence-corrected chi connectivity index (χ1v) is 6.35. The summed E-state index contributed by atoms with van der Waals surface area (Å²) < 4.78 is 16.6. The van der Waals surface area contributed by atoms with Crippen molar-refractivity contribution in [1.82, 2.24) is 5.32 Å². The molecule has 0 aliphatic carbocycles. The summed E-state index contributed by atoms with van der Waals surface area (Å²) in [6, 6.07) is 6.26. The number of hydrogen-bond acceptors (Lipinski definition) is 4. The average Bonchev–Trinajstić information content (AvgIpc) is 2.46. The summed E-state index contributed by atoms with van der Waals surface area (Å²) in [5.74, 6) is 1.67. The molecule has 1 saturated heterocycles. The van der Waals surface area contributed by atoms with Crippen molar-refractivity contribution in [1.29, 1.82) is 0 Å². The van der Waals surface area contributed by atoms with Crippen molar-refractivity contribution in [3.63, 3.8) is 0 Å². The van der Waals surface area contributed by atoms with Crippen molar-refractivity contribution in [3.05, 3.63) is 23.8 Å². The molecule has 2 unspecified atom stereocenters. The van der Waals surface area contributed by atoms with Crippen LogP contribution in [0.25, 0.3) is 0 Å². The van der Waals surface area contributed by atoms with Crippen LogP contribution < -0.4 is 14.8 Å². The fourth-order valence-corrected chi connectivity index (χ4v) is 2.18. The summed E-state index contributed by atoms with van der Waals surface area (Å²) in [5, 5.41) is 3.48. The van der Waals surface area contributed by atoms with Crippen LogP contribution in [0.15, 0.2) is 18.2 Å². The molecule has 2 rings (SSSR count). The van der Waals surface area contributed by atoms with Crippen LogP contribution in [0.3, 0.4) is 0 Å². The summed E-state index contributed by atoms with van der Waals surface area (Å²) >= 11 is 0. The Labute approximate surface area is 108 Å². The van der Waals surface area contributed by atoms with Crippen molar-refractivity contribution in [2.75, 3.05) is 27.4 Å². The normalized spacial score (nSPS) is 23.7. The van der Waals surface area contributed by atoms with E-state index in [1.807, 2.05) is 18.2 Å². The second-order valence-electron chi connectivity index (χ2n) is 4.44. The van der Waals surface area contributed by atoms with Crippen LogP contribution in [0.5, 0.6) is 11.5 Å². The van der Waals surface area contributed by atoms with Crippen LogP contribution in [0.1, 0.15) is 25.0 Å². The molecule has 18 heavy (non-hydrogen) atoms. The lowest BCUT2D eigenvalue weighted by atomic mass is 10.0. The van der Waals surface area contributed by atoms with Gasteiger partial charge in [0.2, 0.25) is 0 Å². The minimum Gasteiger partial charge on any atom is -0.497 e. The third-order valence-corrected chi connectivity index (χ3v) is 3.37. The molecule has 0 saturated carbocycles. The number of benzene rings is 1. The number of hydrogen-bond donors (Lipinski definition) is 1. The Morgan fingerprint density at radius 3 is 2.72 bits per heavy atom. The van der Waals surface area contributed by atoms with E-state index < -0.39 is 0 Å². The molecule has 2 atom stereocenters. The van der Waals surface area contributed by atoms with Crippen LogP contribution in [0, 0.1) is 0 Å². The number of nitrogens with one attached hydrogen (secondary N) is 1. The number of morpholine rings is 1. The highest BCUT2D eigenvalue weighted by molar-refractivity contribution is 5.42. The SMILES string of the molecule is CCC1COC(c2cc(OC)ccc2OC)CN1. The van der Waals surface area contributed by atoms with Gasteiger partial charge in [0.1, 0.15) is 11.5 Å². The molecule has 1 N–H and O–H groups in total. The second kappa shape index (κ2) is 6.07. The summed E-state index contributed by atoms with van der Waals surface area (Å²) in [4.78, 5) is 0. The van der Waals surface area contributed by atoms with Gasteiger partial charge in [0.05, 0.1) is 26.9 Å². The number of methoxy groups -OCH3 is 2. The third-order valence-electron chi connectivity index (χ3n) is 3.37. The van der Waals surface area contributed by atoms with Gasteiger partial charge in [-0.25, -0.2) is 0 Å². The van der Waals surface area contributed by atoms with E-state index in [-0.39, 0.29) is 6.10 Å². The quantitative estimate of drug-likeness (QED) is 0.890. The van der Waals surface area contributed by atoms with Gasteiger partial charge in [-0.2, -0.15) is 0 Å². The number of rotatable bonds is 4. The zero-order valence-corrected chi connectivity index (χ0v) is 11.2. The van der Waals surface area contributed by atoms with Crippen molar-refractivity contribution in [3.8, 4) is 11.5 Å². The Balaban J connectivity index is 2.16. The third kappa shape index (κ3) is 2.76. The molecule has 4 heteroatoms. The maximum atomic E-state index is 5.91. The molecule has 1 aliphatic heterocycles. The molecule has 1 aromatic carbocycles. The molecule has 0 radical (unpaired) electrons. The predicted molar refractivity (Wildman–Crippen MR) is 70.3 cm³/mol. The highest BCUT2D eigenvalue weighted by Crippen LogP contribution is 2.32. The minimum atomic E-state index is 0.0258. The van der Waals surface area contributed by atoms with Gasteiger partial charge in [-0.15, -0.1) is 0 Å². The lowest BCUT2D eigenvalue weighted by Crippen LogP contribution is -2.42. The van der Waals surface area contributed by atoms with E-state index in [9.17, 15) is 0 Å². The van der Waals surface area contributed by atoms with E-state index in [4.69, 9.17) is 14.2 Å². The molecule has 1 aliphatic rings. The summed E-state index contributed by atoms with van der Waals surface area (Å²) in [5.41, 5.74) is 1.04. The summed E-state index contributed by atoms with van der Waals surface area (Å²) in [7, 11) is 3.34. The van der Waals surface area contributed by atoms with Gasteiger partial charge >= 0.3 is 0 Å². The zero-order valence-electron chi connectivity index (χ0n) is 11.2. The van der Waals surface area contributed by atoms with Gasteiger partial charge in [-0.3, -0.25) is 0 Å². The molecule has 1 heterocycles. The second-order valence-corrected chi connectivity index (χ2v) is 4.44. The van der Waals surface area contributed by atoms with E-state index in [0.29, 0.717) is 6.04 Å². The summed E-state index contributed by atoms with van der Waals surface area (Å²) in [6.07, 6.45) is 1.11. The molecule has 1 aromatic rings. The highest BCUT2D eigenvalue weighted by Gasteiger charge is 2.24. The Morgan fingerprint density at radius 2 is 2.17 bits per heavy atom. The Bertz CT molecular complexity index is 387. The van der Waals surface area contributed by atoms with E-state index in [1.54, 1.807) is 14.2 Å². The van der Waals surface area contributed by atoms with Crippen molar-refractivity contribution < 1.29 is 14.2 Å². The molecule has 100 valence electrons. The van der Waals surface area contributed by atoms with Crippen molar-refractivity contribution >= 4 is 0 Å². The molecular formula is C14H21NO3. The minimum absolute atomic E-state index is 0.0258. The van der Waals surface area contributed by atoms with E-state index >= 15 is 0 Å². The standard InChI is InChI=1S/C14H21NO3/c1-4-10-9-18-14(8-15-10)12-7-11(16-2)5-6-13(12)17-3/h5-7,10,14-15H,4,8-9H2,1-3H3. The van der Waals surface area contributed by atoms with Gasteiger partial charge in [-0.05, 0) is 24.6 Å². The van der Waals surface area contributed by atoms with Crippen LogP contribution in [0.4, 0.5) is 0 Å². The van der Waals surface area contributed by atoms with Crippen LogP contribution in [0.2, 0.25) is 0 Å². The molecular weight excluding hydrogens is 230 g/mol.